The van der Waals surface area contributed by atoms with Crippen LogP contribution < -0.4 is 10.6 Å². The van der Waals surface area contributed by atoms with E-state index in [1.165, 1.54) is 0 Å². The molecule has 0 aromatic carbocycles. The van der Waals surface area contributed by atoms with Gasteiger partial charge in [-0.25, -0.2) is 0 Å². The fourth-order valence-electron chi connectivity index (χ4n) is 2.23. The van der Waals surface area contributed by atoms with E-state index in [4.69, 9.17) is 0 Å². The number of thioether (sulfide) groups is 1. The van der Waals surface area contributed by atoms with Gasteiger partial charge in [-0.05, 0) is 38.9 Å². The number of nitrogens with one attached hydrogen (secondary N) is 2. The fraction of sp³-hybridized carbons (Fsp3) is 0.917. The molecule has 2 N–H and O–H groups in total. The van der Waals surface area contributed by atoms with Crippen LogP contribution in [-0.2, 0) is 4.79 Å². The third kappa shape index (κ3) is 6.51. The number of carbonyl (C=O) groups is 1. The molecule has 1 saturated carbocycles. The van der Waals surface area contributed by atoms with Crippen LogP contribution in [0.1, 0.15) is 32.6 Å². The molecule has 3 nitrogen and oxygen atoms in total. The molecule has 1 amide bonds. The summed E-state index contributed by atoms with van der Waals surface area (Å²) in [5.74, 6) is -0.593. The lowest BCUT2D eigenvalue weighted by atomic mass is 9.94. The summed E-state index contributed by atoms with van der Waals surface area (Å²) in [6.07, 6.45) is 1.87. The Hall–Kier alpha value is -0.430. The van der Waals surface area contributed by atoms with Crippen molar-refractivity contribution in [3.05, 3.63) is 0 Å². The van der Waals surface area contributed by atoms with Gasteiger partial charge < -0.3 is 10.6 Å². The summed E-state index contributed by atoms with van der Waals surface area (Å²) in [5, 5.41) is 5.69. The van der Waals surface area contributed by atoms with Gasteiger partial charge in [0.05, 0.1) is 6.04 Å². The van der Waals surface area contributed by atoms with Crippen molar-refractivity contribution in [2.24, 2.45) is 0 Å². The largest absolute Gasteiger partial charge is 0.405 e. The number of hydrogen-bond donors (Lipinski definition) is 2. The minimum atomic E-state index is -4.36. The Balaban J connectivity index is 2.27. The second kappa shape index (κ2) is 7.38. The van der Waals surface area contributed by atoms with Crippen LogP contribution in [0.5, 0.6) is 0 Å². The highest BCUT2D eigenvalue weighted by atomic mass is 32.2. The average molecular weight is 298 g/mol. The summed E-state index contributed by atoms with van der Waals surface area (Å²) < 4.78 is 35.9. The number of carbonyl (C=O) groups excluding carboxylic acids is 1. The number of amides is 1. The van der Waals surface area contributed by atoms with Crippen LogP contribution in [0.3, 0.4) is 0 Å². The first-order valence-corrected chi connectivity index (χ1v) is 7.74. The molecule has 0 bridgehead atoms. The van der Waals surface area contributed by atoms with E-state index in [1.807, 2.05) is 17.1 Å². The van der Waals surface area contributed by atoms with E-state index in [9.17, 15) is 18.0 Å². The molecule has 1 fully saturated rings. The summed E-state index contributed by atoms with van der Waals surface area (Å²) in [5.41, 5.74) is 0. The zero-order valence-corrected chi connectivity index (χ0v) is 12.0. The Morgan fingerprint density at radius 2 is 1.89 bits per heavy atom. The van der Waals surface area contributed by atoms with Crippen LogP contribution in [0, 0.1) is 0 Å². The quantitative estimate of drug-likeness (QED) is 0.818. The molecule has 1 atom stereocenters. The highest BCUT2D eigenvalue weighted by molar-refractivity contribution is 7.99. The molecule has 112 valence electrons. The van der Waals surface area contributed by atoms with Crippen LogP contribution in [0.25, 0.3) is 0 Å². The molecule has 0 aliphatic heterocycles. The van der Waals surface area contributed by atoms with Gasteiger partial charge in [-0.3, -0.25) is 4.79 Å². The summed E-state index contributed by atoms with van der Waals surface area (Å²) in [4.78, 5) is 11.5. The van der Waals surface area contributed by atoms with Gasteiger partial charge in [0, 0.05) is 11.3 Å². The third-order valence-corrected chi connectivity index (χ3v) is 4.49. The number of rotatable bonds is 5. The zero-order valence-electron chi connectivity index (χ0n) is 11.2. The topological polar surface area (TPSA) is 41.1 Å². The van der Waals surface area contributed by atoms with E-state index in [2.05, 4.69) is 11.6 Å². The van der Waals surface area contributed by atoms with Gasteiger partial charge in [0.15, 0.2) is 0 Å². The summed E-state index contributed by atoms with van der Waals surface area (Å²) in [7, 11) is 0. The van der Waals surface area contributed by atoms with Crippen molar-refractivity contribution in [3.8, 4) is 0 Å². The average Bonchev–Trinajstić information content (AvgIpc) is 2.36. The molecular formula is C12H21F3N2OS. The van der Waals surface area contributed by atoms with Crippen molar-refractivity contribution in [1.82, 2.24) is 10.6 Å². The van der Waals surface area contributed by atoms with Crippen LogP contribution in [0.2, 0.25) is 0 Å². The van der Waals surface area contributed by atoms with Crippen molar-refractivity contribution in [1.29, 1.82) is 0 Å². The van der Waals surface area contributed by atoms with E-state index in [0.29, 0.717) is 5.25 Å². The van der Waals surface area contributed by atoms with Gasteiger partial charge in [-0.15, -0.1) is 0 Å². The molecule has 0 saturated heterocycles. The SMILES string of the molecule is CSC1CCC(NC(C)C(=O)NCC(F)(F)F)CC1. The maximum absolute atomic E-state index is 12.0. The van der Waals surface area contributed by atoms with Crippen LogP contribution in [0.4, 0.5) is 13.2 Å². The van der Waals surface area contributed by atoms with Crippen molar-refractivity contribution in [3.63, 3.8) is 0 Å². The minimum absolute atomic E-state index is 0.232. The van der Waals surface area contributed by atoms with Crippen molar-refractivity contribution in [2.45, 2.75) is 56.1 Å². The van der Waals surface area contributed by atoms with Crippen molar-refractivity contribution >= 4 is 17.7 Å². The Labute approximate surface area is 116 Å². The normalized spacial score (nSPS) is 25.9. The predicted molar refractivity (Wildman–Crippen MR) is 71.2 cm³/mol. The molecule has 19 heavy (non-hydrogen) atoms. The van der Waals surface area contributed by atoms with Crippen molar-refractivity contribution < 1.29 is 18.0 Å². The maximum atomic E-state index is 12.0. The van der Waals surface area contributed by atoms with Gasteiger partial charge in [0.25, 0.3) is 0 Å². The number of halogens is 3. The Morgan fingerprint density at radius 3 is 2.37 bits per heavy atom. The summed E-state index contributed by atoms with van der Waals surface area (Å²) in [6, 6.07) is -0.354. The van der Waals surface area contributed by atoms with Gasteiger partial charge in [0.1, 0.15) is 6.54 Å². The Kier molecular flexibility index (Phi) is 6.46. The predicted octanol–water partition coefficient (Wildman–Crippen LogP) is 2.32. The molecule has 0 radical (unpaired) electrons. The van der Waals surface area contributed by atoms with E-state index in [-0.39, 0.29) is 6.04 Å². The molecule has 0 aromatic rings. The standard InChI is InChI=1S/C12H21F3N2OS/c1-8(11(18)16-7-12(13,14)15)17-9-3-5-10(19-2)6-4-9/h8-10,17H,3-7H2,1-2H3,(H,16,18). The molecule has 7 heteroatoms. The molecule has 0 heterocycles. The first kappa shape index (κ1) is 16.6. The molecule has 0 spiro atoms. The van der Waals surface area contributed by atoms with Gasteiger partial charge in [-0.2, -0.15) is 24.9 Å². The lowest BCUT2D eigenvalue weighted by Crippen LogP contribution is -2.49. The molecule has 1 aliphatic rings. The number of hydrogen-bond acceptors (Lipinski definition) is 3. The van der Waals surface area contributed by atoms with Crippen LogP contribution in [-0.4, -0.2) is 42.2 Å². The first-order valence-electron chi connectivity index (χ1n) is 6.45. The Bertz CT molecular complexity index is 291. The second-order valence-corrected chi connectivity index (χ2v) is 6.07. The lowest BCUT2D eigenvalue weighted by molar-refractivity contribution is -0.139. The summed E-state index contributed by atoms with van der Waals surface area (Å²) in [6.45, 7) is 0.337. The fourth-order valence-corrected chi connectivity index (χ4v) is 2.98. The highest BCUT2D eigenvalue weighted by Gasteiger charge is 2.29. The second-order valence-electron chi connectivity index (χ2n) is 4.93. The molecular weight excluding hydrogens is 277 g/mol. The van der Waals surface area contributed by atoms with Gasteiger partial charge in [0.2, 0.25) is 5.91 Å². The minimum Gasteiger partial charge on any atom is -0.346 e. The lowest BCUT2D eigenvalue weighted by Gasteiger charge is -2.30. The van der Waals surface area contributed by atoms with Gasteiger partial charge in [-0.1, -0.05) is 0 Å². The van der Waals surface area contributed by atoms with Gasteiger partial charge >= 0.3 is 6.18 Å². The molecule has 1 unspecified atom stereocenters. The van der Waals surface area contributed by atoms with Crippen LogP contribution >= 0.6 is 11.8 Å². The number of alkyl halides is 3. The monoisotopic (exact) mass is 298 g/mol. The van der Waals surface area contributed by atoms with E-state index in [0.717, 1.165) is 25.7 Å². The van der Waals surface area contributed by atoms with Crippen LogP contribution in [0.15, 0.2) is 0 Å². The molecule has 1 aliphatic carbocycles. The molecule has 1 rings (SSSR count). The third-order valence-electron chi connectivity index (χ3n) is 3.35. The molecule has 0 aromatic heterocycles. The van der Waals surface area contributed by atoms with E-state index < -0.39 is 24.7 Å². The zero-order chi connectivity index (χ0) is 14.5. The van der Waals surface area contributed by atoms with E-state index >= 15 is 0 Å². The maximum Gasteiger partial charge on any atom is 0.405 e. The smallest absolute Gasteiger partial charge is 0.346 e. The first-order chi connectivity index (χ1) is 8.81. The van der Waals surface area contributed by atoms with E-state index in [1.54, 1.807) is 6.92 Å². The Morgan fingerprint density at radius 1 is 1.32 bits per heavy atom. The van der Waals surface area contributed by atoms with Crippen molar-refractivity contribution in [2.75, 3.05) is 12.8 Å². The summed E-state index contributed by atoms with van der Waals surface area (Å²) >= 11 is 1.85. The highest BCUT2D eigenvalue weighted by Crippen LogP contribution is 2.27.